The third-order valence-corrected chi connectivity index (χ3v) is 4.30. The number of hydrogen-bond donors (Lipinski definition) is 1. The van der Waals surface area contributed by atoms with E-state index in [1.54, 1.807) is 4.90 Å². The number of urea groups is 1. The number of nitrogens with one attached hydrogen (secondary N) is 1. The highest BCUT2D eigenvalue weighted by molar-refractivity contribution is 9.10. The molecule has 0 saturated carbocycles. The fourth-order valence-electron chi connectivity index (χ4n) is 2.60. The Morgan fingerprint density at radius 3 is 3.00 bits per heavy atom. The van der Waals surface area contributed by atoms with Crippen LogP contribution in [0.1, 0.15) is 30.3 Å². The van der Waals surface area contributed by atoms with Gasteiger partial charge in [0.1, 0.15) is 0 Å². The summed E-state index contributed by atoms with van der Waals surface area (Å²) in [6.45, 7) is 2.61. The molecule has 1 aliphatic heterocycles. The Balaban J connectivity index is 1.76. The molecule has 0 aliphatic carbocycles. The zero-order valence-corrected chi connectivity index (χ0v) is 13.3. The molecular formula is C15H16BrN3O2. The van der Waals surface area contributed by atoms with Crippen LogP contribution in [0.2, 0.25) is 0 Å². The number of carbonyl (C=O) groups is 1. The van der Waals surface area contributed by atoms with Crippen LogP contribution in [0.3, 0.4) is 0 Å². The maximum Gasteiger partial charge on any atom is 0.322 e. The van der Waals surface area contributed by atoms with E-state index in [4.69, 9.17) is 4.52 Å². The summed E-state index contributed by atoms with van der Waals surface area (Å²) >= 11 is 3.43. The molecule has 0 bridgehead atoms. The molecule has 5 nitrogen and oxygen atoms in total. The van der Waals surface area contributed by atoms with Gasteiger partial charge in [-0.15, -0.1) is 0 Å². The van der Waals surface area contributed by atoms with Gasteiger partial charge in [0, 0.05) is 17.1 Å². The molecule has 2 aromatic rings. The van der Waals surface area contributed by atoms with Crippen molar-refractivity contribution in [2.45, 2.75) is 25.8 Å². The van der Waals surface area contributed by atoms with Gasteiger partial charge in [-0.3, -0.25) is 0 Å². The molecule has 1 aliphatic rings. The lowest BCUT2D eigenvalue weighted by atomic mass is 10.1. The molecule has 21 heavy (non-hydrogen) atoms. The number of likely N-dealkylation sites (tertiary alicyclic amines) is 1. The van der Waals surface area contributed by atoms with Crippen molar-refractivity contribution < 1.29 is 9.32 Å². The van der Waals surface area contributed by atoms with Gasteiger partial charge in [0.2, 0.25) is 0 Å². The van der Waals surface area contributed by atoms with Gasteiger partial charge in [-0.25, -0.2) is 4.79 Å². The van der Waals surface area contributed by atoms with Crippen molar-refractivity contribution in [2.24, 2.45) is 0 Å². The highest BCUT2D eigenvalue weighted by Crippen LogP contribution is 2.33. The molecule has 2 heterocycles. The second kappa shape index (κ2) is 5.89. The Bertz CT molecular complexity index is 656. The van der Waals surface area contributed by atoms with Crippen LogP contribution in [0.25, 0.3) is 0 Å². The monoisotopic (exact) mass is 349 g/mol. The summed E-state index contributed by atoms with van der Waals surface area (Å²) in [6.07, 6.45) is 1.87. The molecular weight excluding hydrogens is 334 g/mol. The first-order valence-corrected chi connectivity index (χ1v) is 7.70. The van der Waals surface area contributed by atoms with E-state index in [0.29, 0.717) is 0 Å². The number of aromatic nitrogens is 1. The van der Waals surface area contributed by atoms with E-state index in [1.165, 1.54) is 0 Å². The molecule has 1 fully saturated rings. The topological polar surface area (TPSA) is 58.4 Å². The quantitative estimate of drug-likeness (QED) is 0.887. The van der Waals surface area contributed by atoms with E-state index in [0.717, 1.165) is 41.0 Å². The predicted molar refractivity (Wildman–Crippen MR) is 83.1 cm³/mol. The molecule has 110 valence electrons. The molecule has 1 aromatic heterocycles. The predicted octanol–water partition coefficient (Wildman–Crippen LogP) is 4.11. The molecule has 0 unspecified atom stereocenters. The molecule has 0 spiro atoms. The number of halogens is 1. The number of carbonyl (C=O) groups excluding carboxylic acids is 1. The molecule has 1 saturated heterocycles. The van der Waals surface area contributed by atoms with Crippen LogP contribution in [0.5, 0.6) is 0 Å². The molecule has 1 N–H and O–H groups in total. The average molecular weight is 350 g/mol. The number of anilines is 1. The van der Waals surface area contributed by atoms with Crippen LogP contribution >= 0.6 is 15.9 Å². The van der Waals surface area contributed by atoms with Crippen molar-refractivity contribution in [3.8, 4) is 0 Å². The van der Waals surface area contributed by atoms with Gasteiger partial charge in [-0.2, -0.15) is 0 Å². The average Bonchev–Trinajstić information content (AvgIpc) is 3.09. The van der Waals surface area contributed by atoms with Crippen molar-refractivity contribution >= 4 is 27.6 Å². The fraction of sp³-hybridized carbons (Fsp3) is 0.333. The molecule has 1 atom stereocenters. The number of benzene rings is 1. The number of rotatable bonds is 2. The minimum Gasteiger partial charge on any atom is -0.359 e. The van der Waals surface area contributed by atoms with Crippen LogP contribution in [0.15, 0.2) is 39.3 Å². The van der Waals surface area contributed by atoms with Crippen LogP contribution in [-0.2, 0) is 0 Å². The maximum absolute atomic E-state index is 12.5. The van der Waals surface area contributed by atoms with Gasteiger partial charge in [0.15, 0.2) is 5.76 Å². The minimum absolute atomic E-state index is 0.0336. The van der Waals surface area contributed by atoms with Gasteiger partial charge in [-0.05, 0) is 47.8 Å². The van der Waals surface area contributed by atoms with E-state index in [-0.39, 0.29) is 12.1 Å². The first-order chi connectivity index (χ1) is 10.1. The van der Waals surface area contributed by atoms with E-state index >= 15 is 0 Å². The van der Waals surface area contributed by atoms with E-state index in [1.807, 2.05) is 37.3 Å². The minimum atomic E-state index is -0.113. The molecule has 6 heteroatoms. The fourth-order valence-corrected chi connectivity index (χ4v) is 2.98. The molecule has 2 amide bonds. The van der Waals surface area contributed by atoms with Gasteiger partial charge in [-0.1, -0.05) is 17.3 Å². The Hall–Kier alpha value is -1.82. The summed E-state index contributed by atoms with van der Waals surface area (Å²) in [5.74, 6) is 0.757. The lowest BCUT2D eigenvalue weighted by Crippen LogP contribution is -2.34. The summed E-state index contributed by atoms with van der Waals surface area (Å²) < 4.78 is 6.19. The van der Waals surface area contributed by atoms with Crippen molar-refractivity contribution in [3.05, 3.63) is 46.3 Å². The van der Waals surface area contributed by atoms with E-state index in [2.05, 4.69) is 26.4 Å². The number of hydrogen-bond acceptors (Lipinski definition) is 3. The number of aryl methyl sites for hydroxylation is 1. The highest BCUT2D eigenvalue weighted by Gasteiger charge is 2.32. The lowest BCUT2D eigenvalue weighted by molar-refractivity contribution is 0.195. The third kappa shape index (κ3) is 2.95. The number of amides is 2. The molecule has 3 rings (SSSR count). The van der Waals surface area contributed by atoms with Gasteiger partial charge in [0.25, 0.3) is 0 Å². The smallest absolute Gasteiger partial charge is 0.322 e. The normalized spacial score (nSPS) is 18.0. The molecule has 1 aromatic carbocycles. The highest BCUT2D eigenvalue weighted by atomic mass is 79.9. The zero-order chi connectivity index (χ0) is 14.8. The summed E-state index contributed by atoms with van der Waals surface area (Å²) in [6, 6.07) is 9.32. The van der Waals surface area contributed by atoms with Crippen molar-refractivity contribution in [1.82, 2.24) is 10.1 Å². The lowest BCUT2D eigenvalue weighted by Gasteiger charge is -2.23. The van der Waals surface area contributed by atoms with Gasteiger partial charge >= 0.3 is 6.03 Å². The van der Waals surface area contributed by atoms with Crippen LogP contribution < -0.4 is 5.32 Å². The van der Waals surface area contributed by atoms with Crippen LogP contribution in [0, 0.1) is 6.92 Å². The Labute approximate surface area is 131 Å². The summed E-state index contributed by atoms with van der Waals surface area (Å²) in [4.78, 5) is 14.3. The Morgan fingerprint density at radius 2 is 2.29 bits per heavy atom. The standard InChI is InChI=1S/C15H16BrN3O2/c1-10-9-14(21-18-10)13-7-4-8-19(13)15(20)17-12-6-3-2-5-11(12)16/h2-3,5-6,9,13H,4,7-8H2,1H3,(H,17,20)/t13-/m1/s1. The maximum atomic E-state index is 12.5. The van der Waals surface area contributed by atoms with Gasteiger partial charge in [0.05, 0.1) is 17.4 Å². The second-order valence-electron chi connectivity index (χ2n) is 5.13. The Morgan fingerprint density at radius 1 is 1.48 bits per heavy atom. The summed E-state index contributed by atoms with van der Waals surface area (Å²) in [5.41, 5.74) is 1.60. The Kier molecular flexibility index (Phi) is 3.96. The summed E-state index contributed by atoms with van der Waals surface area (Å²) in [7, 11) is 0. The van der Waals surface area contributed by atoms with Crippen molar-refractivity contribution in [2.75, 3.05) is 11.9 Å². The van der Waals surface area contributed by atoms with Crippen molar-refractivity contribution in [1.29, 1.82) is 0 Å². The van der Waals surface area contributed by atoms with Gasteiger partial charge < -0.3 is 14.7 Å². The first-order valence-electron chi connectivity index (χ1n) is 6.90. The first kappa shape index (κ1) is 14.1. The number of para-hydroxylation sites is 1. The molecule has 0 radical (unpaired) electrons. The summed E-state index contributed by atoms with van der Waals surface area (Å²) in [5, 5.41) is 6.85. The van der Waals surface area contributed by atoms with E-state index in [9.17, 15) is 4.79 Å². The van der Waals surface area contributed by atoms with Crippen molar-refractivity contribution in [3.63, 3.8) is 0 Å². The zero-order valence-electron chi connectivity index (χ0n) is 11.7. The second-order valence-corrected chi connectivity index (χ2v) is 5.99. The number of nitrogens with zero attached hydrogens (tertiary/aromatic N) is 2. The van der Waals surface area contributed by atoms with E-state index < -0.39 is 0 Å². The third-order valence-electron chi connectivity index (χ3n) is 3.60. The van der Waals surface area contributed by atoms with Crippen LogP contribution in [-0.4, -0.2) is 22.6 Å². The largest absolute Gasteiger partial charge is 0.359 e. The SMILES string of the molecule is Cc1cc([C@H]2CCCN2C(=O)Nc2ccccc2Br)on1. The van der Waals surface area contributed by atoms with Crippen LogP contribution in [0.4, 0.5) is 10.5 Å².